The van der Waals surface area contributed by atoms with E-state index < -0.39 is 17.6 Å². The van der Waals surface area contributed by atoms with Crippen LogP contribution in [0, 0.1) is 0 Å². The average molecular weight is 338 g/mol. The number of anilines is 2. The number of aliphatic hydroxyl groups excluding tert-OH is 1. The summed E-state index contributed by atoms with van der Waals surface area (Å²) in [4.78, 5) is 13.8. The number of rotatable bonds is 4. The fourth-order valence-electron chi connectivity index (χ4n) is 2.11. The number of hydrogen-bond donors (Lipinski definition) is 2. The molecule has 7 heteroatoms. The Hall–Kier alpha value is -2.54. The number of alkyl halides is 3. The molecule has 0 bridgehead atoms. The summed E-state index contributed by atoms with van der Waals surface area (Å²) in [7, 11) is 3.20. The number of nitrogens with one attached hydrogen (secondary N) is 1. The van der Waals surface area contributed by atoms with Crippen molar-refractivity contribution in [1.82, 2.24) is 0 Å². The molecule has 2 aromatic rings. The Kier molecular flexibility index (Phi) is 5.14. The van der Waals surface area contributed by atoms with Gasteiger partial charge in [0.2, 0.25) is 0 Å². The van der Waals surface area contributed by atoms with Gasteiger partial charge in [0.1, 0.15) is 0 Å². The molecule has 0 unspecified atom stereocenters. The van der Waals surface area contributed by atoms with E-state index in [9.17, 15) is 18.0 Å². The van der Waals surface area contributed by atoms with Gasteiger partial charge in [-0.15, -0.1) is 0 Å². The number of nitrogens with zero attached hydrogens (tertiary/aromatic N) is 1. The molecular weight excluding hydrogens is 321 g/mol. The van der Waals surface area contributed by atoms with E-state index in [2.05, 4.69) is 5.32 Å². The third-order valence-electron chi connectivity index (χ3n) is 3.39. The second-order valence-corrected chi connectivity index (χ2v) is 5.47. The highest BCUT2D eigenvalue weighted by molar-refractivity contribution is 6.05. The molecule has 4 nitrogen and oxygen atoms in total. The van der Waals surface area contributed by atoms with Crippen LogP contribution < -0.4 is 10.2 Å². The van der Waals surface area contributed by atoms with Crippen LogP contribution in [0.4, 0.5) is 24.5 Å². The number of carbonyl (C=O) groups is 1. The van der Waals surface area contributed by atoms with Crippen molar-refractivity contribution in [3.63, 3.8) is 0 Å². The number of hydrogen-bond acceptors (Lipinski definition) is 3. The van der Waals surface area contributed by atoms with Crippen LogP contribution in [0.5, 0.6) is 0 Å². The van der Waals surface area contributed by atoms with Gasteiger partial charge in [-0.2, -0.15) is 13.2 Å². The Bertz CT molecular complexity index is 743. The second kappa shape index (κ2) is 6.92. The maximum atomic E-state index is 13.0. The molecule has 24 heavy (non-hydrogen) atoms. The lowest BCUT2D eigenvalue weighted by Crippen LogP contribution is -2.17. The van der Waals surface area contributed by atoms with Crippen LogP contribution in [0.15, 0.2) is 42.5 Å². The fourth-order valence-corrected chi connectivity index (χ4v) is 2.11. The van der Waals surface area contributed by atoms with Crippen LogP contribution in [0.25, 0.3) is 0 Å². The first-order valence-corrected chi connectivity index (χ1v) is 7.11. The lowest BCUT2D eigenvalue weighted by molar-refractivity contribution is -0.137. The highest BCUT2D eigenvalue weighted by Crippen LogP contribution is 2.32. The second-order valence-electron chi connectivity index (χ2n) is 5.47. The summed E-state index contributed by atoms with van der Waals surface area (Å²) in [5.41, 5.74) is 0.283. The van der Waals surface area contributed by atoms with Gasteiger partial charge in [-0.1, -0.05) is 12.1 Å². The smallest absolute Gasteiger partial charge is 0.392 e. The average Bonchev–Trinajstić information content (AvgIpc) is 2.53. The standard InChI is InChI=1S/C17H17F3N2O2/c1-22(2)15-8-12(7-13(9-15)17(18,19)20)16(24)21-14-5-3-4-11(6-14)10-23/h3-9,23H,10H2,1-2H3,(H,21,24). The SMILES string of the molecule is CN(C)c1cc(C(=O)Nc2cccc(CO)c2)cc(C(F)(F)F)c1. The van der Waals surface area contributed by atoms with Crippen molar-refractivity contribution < 1.29 is 23.1 Å². The Morgan fingerprint density at radius 3 is 2.46 bits per heavy atom. The molecule has 128 valence electrons. The van der Waals surface area contributed by atoms with Crippen molar-refractivity contribution in [2.24, 2.45) is 0 Å². The molecule has 2 N–H and O–H groups in total. The van der Waals surface area contributed by atoms with Crippen LogP contribution in [0.1, 0.15) is 21.5 Å². The minimum absolute atomic E-state index is 0.0945. The predicted octanol–water partition coefficient (Wildman–Crippen LogP) is 3.52. The molecule has 0 spiro atoms. The molecule has 1 amide bonds. The topological polar surface area (TPSA) is 52.6 Å². The quantitative estimate of drug-likeness (QED) is 0.897. The highest BCUT2D eigenvalue weighted by Gasteiger charge is 2.32. The van der Waals surface area contributed by atoms with E-state index in [1.165, 1.54) is 11.0 Å². The normalized spacial score (nSPS) is 11.2. The first-order valence-electron chi connectivity index (χ1n) is 7.11. The van der Waals surface area contributed by atoms with Gasteiger partial charge in [0.25, 0.3) is 5.91 Å². The van der Waals surface area contributed by atoms with Crippen LogP contribution in [-0.2, 0) is 12.8 Å². The van der Waals surface area contributed by atoms with Gasteiger partial charge >= 0.3 is 6.18 Å². The molecule has 0 saturated carbocycles. The van der Waals surface area contributed by atoms with Crippen molar-refractivity contribution >= 4 is 17.3 Å². The molecule has 0 fully saturated rings. The summed E-state index contributed by atoms with van der Waals surface area (Å²) in [6.45, 7) is -0.196. The molecule has 0 aromatic heterocycles. The zero-order valence-electron chi connectivity index (χ0n) is 13.2. The molecule has 0 aliphatic carbocycles. The molecule has 2 aromatic carbocycles. The van der Waals surface area contributed by atoms with Gasteiger partial charge in [-0.05, 0) is 35.9 Å². The summed E-state index contributed by atoms with van der Waals surface area (Å²) in [5.74, 6) is -0.653. The van der Waals surface area contributed by atoms with Gasteiger partial charge in [0.05, 0.1) is 12.2 Å². The van der Waals surface area contributed by atoms with E-state index in [0.29, 0.717) is 11.3 Å². The Balaban J connectivity index is 2.35. The largest absolute Gasteiger partial charge is 0.416 e. The lowest BCUT2D eigenvalue weighted by Gasteiger charge is -2.17. The van der Waals surface area contributed by atoms with E-state index in [4.69, 9.17) is 5.11 Å². The lowest BCUT2D eigenvalue weighted by atomic mass is 10.1. The monoisotopic (exact) mass is 338 g/mol. The first-order chi connectivity index (χ1) is 11.2. The van der Waals surface area contributed by atoms with Gasteiger partial charge < -0.3 is 15.3 Å². The zero-order chi connectivity index (χ0) is 17.9. The van der Waals surface area contributed by atoms with E-state index in [-0.39, 0.29) is 17.9 Å². The van der Waals surface area contributed by atoms with Crippen molar-refractivity contribution in [3.05, 3.63) is 59.2 Å². The predicted molar refractivity (Wildman–Crippen MR) is 86.1 cm³/mol. The van der Waals surface area contributed by atoms with E-state index in [1.54, 1.807) is 38.4 Å². The number of aliphatic hydroxyl groups is 1. The highest BCUT2D eigenvalue weighted by atomic mass is 19.4. The molecule has 0 radical (unpaired) electrons. The van der Waals surface area contributed by atoms with E-state index in [1.807, 2.05) is 0 Å². The zero-order valence-corrected chi connectivity index (χ0v) is 13.2. The minimum atomic E-state index is -4.54. The molecule has 0 aliphatic rings. The van der Waals surface area contributed by atoms with Crippen molar-refractivity contribution in [2.75, 3.05) is 24.3 Å². The summed E-state index contributed by atoms with van der Waals surface area (Å²) in [5, 5.41) is 11.6. The number of halogens is 3. The maximum Gasteiger partial charge on any atom is 0.416 e. The third kappa shape index (κ3) is 4.26. The van der Waals surface area contributed by atoms with E-state index >= 15 is 0 Å². The van der Waals surface area contributed by atoms with Crippen LogP contribution in [0.2, 0.25) is 0 Å². The van der Waals surface area contributed by atoms with Crippen LogP contribution >= 0.6 is 0 Å². The van der Waals surface area contributed by atoms with Gasteiger partial charge in [-0.3, -0.25) is 4.79 Å². The summed E-state index contributed by atoms with van der Waals surface area (Å²) in [6.07, 6.45) is -4.54. The summed E-state index contributed by atoms with van der Waals surface area (Å²) < 4.78 is 39.1. The Labute approximate surface area is 137 Å². The molecule has 2 rings (SSSR count). The van der Waals surface area contributed by atoms with Gasteiger partial charge in [0, 0.05) is 31.0 Å². The first kappa shape index (κ1) is 17.8. The van der Waals surface area contributed by atoms with Gasteiger partial charge in [-0.25, -0.2) is 0 Å². The molecule has 0 heterocycles. The minimum Gasteiger partial charge on any atom is -0.392 e. The fraction of sp³-hybridized carbons (Fsp3) is 0.235. The third-order valence-corrected chi connectivity index (χ3v) is 3.39. The summed E-state index contributed by atoms with van der Waals surface area (Å²) >= 11 is 0. The van der Waals surface area contributed by atoms with Crippen molar-refractivity contribution in [2.45, 2.75) is 12.8 Å². The Morgan fingerprint density at radius 2 is 1.88 bits per heavy atom. The number of benzene rings is 2. The molecule has 0 aliphatic heterocycles. The van der Waals surface area contributed by atoms with Crippen LogP contribution in [-0.4, -0.2) is 25.1 Å². The number of carbonyl (C=O) groups excluding carboxylic acids is 1. The van der Waals surface area contributed by atoms with Crippen LogP contribution in [0.3, 0.4) is 0 Å². The van der Waals surface area contributed by atoms with Gasteiger partial charge in [0.15, 0.2) is 0 Å². The van der Waals surface area contributed by atoms with Crippen molar-refractivity contribution in [1.29, 1.82) is 0 Å². The Morgan fingerprint density at radius 1 is 1.17 bits per heavy atom. The molecular formula is C17H17F3N2O2. The summed E-state index contributed by atoms with van der Waals surface area (Å²) in [6, 6.07) is 9.65. The molecule has 0 saturated heterocycles. The maximum absolute atomic E-state index is 13.0. The van der Waals surface area contributed by atoms with E-state index in [0.717, 1.165) is 12.1 Å². The molecule has 0 atom stereocenters. The van der Waals surface area contributed by atoms with Crippen molar-refractivity contribution in [3.8, 4) is 0 Å². The number of amides is 1.